The number of carbonyl (C=O) groups is 1. The molecule has 0 heterocycles. The molecule has 0 aliphatic heterocycles. The van der Waals surface area contributed by atoms with Crippen molar-refractivity contribution < 1.29 is 13.9 Å². The average molecular weight is 440 g/mol. The van der Waals surface area contributed by atoms with Crippen molar-refractivity contribution in [1.29, 1.82) is 0 Å². The molecule has 4 heteroatoms. The van der Waals surface area contributed by atoms with E-state index in [-0.39, 0.29) is 5.78 Å². The molecule has 3 nitrogen and oxygen atoms in total. The third-order valence-electron chi connectivity index (χ3n) is 5.35. The van der Waals surface area contributed by atoms with Gasteiger partial charge in [-0.25, -0.2) is 0 Å². The molecule has 0 atom stereocenters. The van der Waals surface area contributed by atoms with Crippen molar-refractivity contribution >= 4 is 23.8 Å². The molecule has 0 radical (unpaired) electrons. The number of ketones is 1. The smallest absolute Gasteiger partial charge is 0.262 e. The molecule has 4 aromatic carbocycles. The third kappa shape index (κ3) is 4.50. The molecule has 0 bridgehead atoms. The summed E-state index contributed by atoms with van der Waals surface area (Å²) in [4.78, 5) is 13.4. The molecule has 0 spiro atoms. The summed E-state index contributed by atoms with van der Waals surface area (Å²) < 4.78 is 20.5. The summed E-state index contributed by atoms with van der Waals surface area (Å²) in [5.41, 5.74) is 1.33. The Morgan fingerprint density at radius 1 is 0.625 bits per heavy atom. The van der Waals surface area contributed by atoms with Gasteiger partial charge in [-0.1, -0.05) is 91.0 Å². The minimum Gasteiger partial charge on any atom is -0.308 e. The van der Waals surface area contributed by atoms with Crippen molar-refractivity contribution in [2.24, 2.45) is 0 Å². The van der Waals surface area contributed by atoms with Crippen LogP contribution in [0.3, 0.4) is 0 Å². The molecule has 4 aromatic rings. The van der Waals surface area contributed by atoms with Crippen LogP contribution in [0.4, 0.5) is 0 Å². The maximum atomic E-state index is 14.2. The lowest BCUT2D eigenvalue weighted by Gasteiger charge is -2.30. The van der Waals surface area contributed by atoms with Gasteiger partial charge >= 0.3 is 0 Å². The summed E-state index contributed by atoms with van der Waals surface area (Å²) in [6.45, 7) is 3.36. The van der Waals surface area contributed by atoms with Crippen LogP contribution in [0.25, 0.3) is 11.1 Å². The Morgan fingerprint density at radius 2 is 1.03 bits per heavy atom. The van der Waals surface area contributed by atoms with E-state index in [1.165, 1.54) is 0 Å². The number of rotatable bonds is 7. The van der Waals surface area contributed by atoms with Gasteiger partial charge in [0.1, 0.15) is 5.60 Å². The van der Waals surface area contributed by atoms with E-state index in [1.54, 1.807) is 50.2 Å². The second-order valence-corrected chi connectivity index (χ2v) is 10.4. The van der Waals surface area contributed by atoms with Crippen molar-refractivity contribution in [3.05, 3.63) is 121 Å². The Morgan fingerprint density at radius 3 is 1.50 bits per heavy atom. The Kier molecular flexibility index (Phi) is 6.23. The largest absolute Gasteiger partial charge is 0.308 e. The fourth-order valence-electron chi connectivity index (χ4n) is 3.66. The molecule has 0 saturated heterocycles. The van der Waals surface area contributed by atoms with Gasteiger partial charge in [0.05, 0.1) is 0 Å². The highest BCUT2D eigenvalue weighted by Crippen LogP contribution is 2.49. The van der Waals surface area contributed by atoms with Crippen LogP contribution in [0.1, 0.15) is 24.2 Å². The summed E-state index contributed by atoms with van der Waals surface area (Å²) in [6, 6.07) is 35.6. The van der Waals surface area contributed by atoms with Crippen molar-refractivity contribution in [2.45, 2.75) is 19.4 Å². The highest BCUT2D eigenvalue weighted by atomic mass is 31.2. The van der Waals surface area contributed by atoms with Crippen LogP contribution in [0.2, 0.25) is 0 Å². The molecule has 160 valence electrons. The summed E-state index contributed by atoms with van der Waals surface area (Å²) in [6.07, 6.45) is 0. The fourth-order valence-corrected chi connectivity index (χ4v) is 6.02. The summed E-state index contributed by atoms with van der Waals surface area (Å²) in [5, 5.41) is 1.12. The second-order valence-electron chi connectivity index (χ2n) is 8.10. The Bertz CT molecular complexity index is 1190. The van der Waals surface area contributed by atoms with E-state index >= 15 is 0 Å². The number of Topliss-reactive ketones (excluding diaryl/α,β-unsaturated/α-hetero) is 1. The van der Waals surface area contributed by atoms with Gasteiger partial charge in [-0.3, -0.25) is 9.36 Å². The van der Waals surface area contributed by atoms with Gasteiger partial charge < -0.3 is 4.52 Å². The maximum Gasteiger partial charge on any atom is 0.262 e. The van der Waals surface area contributed by atoms with E-state index in [0.29, 0.717) is 16.2 Å². The van der Waals surface area contributed by atoms with E-state index in [2.05, 4.69) is 0 Å². The van der Waals surface area contributed by atoms with Crippen molar-refractivity contribution in [3.8, 4) is 11.1 Å². The maximum absolute atomic E-state index is 14.2. The van der Waals surface area contributed by atoms with Gasteiger partial charge in [-0.2, -0.15) is 0 Å². The minimum absolute atomic E-state index is 0.218. The van der Waals surface area contributed by atoms with Gasteiger partial charge in [-0.15, -0.1) is 0 Å². The summed E-state index contributed by atoms with van der Waals surface area (Å²) in [7, 11) is -3.50. The first-order valence-corrected chi connectivity index (χ1v) is 12.1. The third-order valence-corrected chi connectivity index (χ3v) is 8.02. The molecule has 0 amide bonds. The first-order chi connectivity index (χ1) is 15.4. The minimum atomic E-state index is -3.50. The van der Waals surface area contributed by atoms with E-state index in [1.807, 2.05) is 78.9 Å². The molecular formula is C28H25O3P. The molecule has 0 unspecified atom stereocenters. The lowest BCUT2D eigenvalue weighted by atomic mass is 9.95. The van der Waals surface area contributed by atoms with Crippen LogP contribution in [-0.2, 0) is 9.09 Å². The normalized spacial score (nSPS) is 11.8. The lowest BCUT2D eigenvalue weighted by Crippen LogP contribution is -2.37. The van der Waals surface area contributed by atoms with Crippen LogP contribution in [0.5, 0.6) is 0 Å². The van der Waals surface area contributed by atoms with Crippen molar-refractivity contribution in [1.82, 2.24) is 0 Å². The van der Waals surface area contributed by atoms with Crippen LogP contribution >= 0.6 is 7.37 Å². The van der Waals surface area contributed by atoms with Crippen molar-refractivity contribution in [2.75, 3.05) is 0 Å². The SMILES string of the molecule is CC(C)(OP(=O)(c1ccccc1)c1ccccc1)C(=O)c1ccc(-c2ccccc2)cc1. The molecule has 0 aliphatic carbocycles. The first-order valence-electron chi connectivity index (χ1n) is 10.5. The highest BCUT2D eigenvalue weighted by Gasteiger charge is 2.40. The van der Waals surface area contributed by atoms with E-state index in [4.69, 9.17) is 4.52 Å². The monoisotopic (exact) mass is 440 g/mol. The van der Waals surface area contributed by atoms with Gasteiger partial charge in [-0.05, 0) is 49.2 Å². The summed E-state index contributed by atoms with van der Waals surface area (Å²) in [5.74, 6) is -0.218. The number of benzene rings is 4. The number of hydrogen-bond acceptors (Lipinski definition) is 3. The van der Waals surface area contributed by atoms with Crippen LogP contribution in [-0.4, -0.2) is 11.4 Å². The Labute approximate surface area is 189 Å². The van der Waals surface area contributed by atoms with E-state index < -0.39 is 13.0 Å². The quantitative estimate of drug-likeness (QED) is 0.252. The van der Waals surface area contributed by atoms with Crippen LogP contribution in [0, 0.1) is 0 Å². The molecule has 4 rings (SSSR count). The average Bonchev–Trinajstić information content (AvgIpc) is 2.85. The van der Waals surface area contributed by atoms with Gasteiger partial charge in [0.25, 0.3) is 7.37 Å². The van der Waals surface area contributed by atoms with Crippen molar-refractivity contribution in [3.63, 3.8) is 0 Å². The lowest BCUT2D eigenvalue weighted by molar-refractivity contribution is 0.0607. The zero-order valence-electron chi connectivity index (χ0n) is 18.1. The molecule has 0 saturated carbocycles. The zero-order valence-corrected chi connectivity index (χ0v) is 19.0. The first kappa shape index (κ1) is 22.0. The highest BCUT2D eigenvalue weighted by molar-refractivity contribution is 7.74. The molecular weight excluding hydrogens is 415 g/mol. The Balaban J connectivity index is 1.65. The summed E-state index contributed by atoms with van der Waals surface area (Å²) >= 11 is 0. The molecule has 32 heavy (non-hydrogen) atoms. The number of carbonyl (C=O) groups excluding carboxylic acids is 1. The predicted molar refractivity (Wildman–Crippen MR) is 131 cm³/mol. The number of hydrogen-bond donors (Lipinski definition) is 0. The Hall–Kier alpha value is -3.26. The van der Waals surface area contributed by atoms with E-state index in [0.717, 1.165) is 11.1 Å². The van der Waals surface area contributed by atoms with Crippen LogP contribution < -0.4 is 10.6 Å². The van der Waals surface area contributed by atoms with E-state index in [9.17, 15) is 9.36 Å². The fraction of sp³-hybridized carbons (Fsp3) is 0.107. The van der Waals surface area contributed by atoms with Gasteiger partial charge in [0, 0.05) is 16.2 Å². The molecule has 0 fully saturated rings. The standard InChI is InChI=1S/C28H25O3P/c1-28(2,27(29)24-20-18-23(19-21-24)22-12-6-3-7-13-22)31-32(30,25-14-8-4-9-15-25)26-16-10-5-11-17-26/h3-21H,1-2H3. The van der Waals surface area contributed by atoms with Gasteiger partial charge in [0.15, 0.2) is 5.78 Å². The second kappa shape index (κ2) is 9.08. The van der Waals surface area contributed by atoms with Gasteiger partial charge in [0.2, 0.25) is 0 Å². The topological polar surface area (TPSA) is 43.4 Å². The zero-order chi connectivity index (χ0) is 22.6. The predicted octanol–water partition coefficient (Wildman–Crippen LogP) is 6.26. The van der Waals surface area contributed by atoms with Crippen LogP contribution in [0.15, 0.2) is 115 Å². The molecule has 0 aromatic heterocycles. The molecule has 0 N–H and O–H groups in total. The molecule has 0 aliphatic rings.